The van der Waals surface area contributed by atoms with Gasteiger partial charge in [-0.05, 0) is 44.2 Å². The summed E-state index contributed by atoms with van der Waals surface area (Å²) in [7, 11) is 0. The van der Waals surface area contributed by atoms with Crippen LogP contribution in [0.1, 0.15) is 53.4 Å². The van der Waals surface area contributed by atoms with E-state index >= 15 is 0 Å². The van der Waals surface area contributed by atoms with Crippen molar-refractivity contribution in [3.05, 3.63) is 62.8 Å². The molecule has 0 N–H and O–H groups in total. The normalized spacial score (nSPS) is 17.1. The summed E-state index contributed by atoms with van der Waals surface area (Å²) in [6.07, 6.45) is 5.57. The van der Waals surface area contributed by atoms with Gasteiger partial charge in [0, 0.05) is 18.2 Å². The largest absolute Gasteiger partial charge is 0.335 e. The lowest BCUT2D eigenvalue weighted by atomic mass is 9.99. The summed E-state index contributed by atoms with van der Waals surface area (Å²) in [6, 6.07) is 6.65. The summed E-state index contributed by atoms with van der Waals surface area (Å²) in [5, 5.41) is 0.460. The van der Waals surface area contributed by atoms with Crippen molar-refractivity contribution in [1.82, 2.24) is 14.5 Å². The molecule has 1 atom stereocenters. The molecule has 0 radical (unpaired) electrons. The van der Waals surface area contributed by atoms with Crippen molar-refractivity contribution in [2.45, 2.75) is 52.1 Å². The molecule has 3 aromatic rings. The van der Waals surface area contributed by atoms with E-state index in [1.165, 1.54) is 28.3 Å². The van der Waals surface area contributed by atoms with E-state index in [1.807, 2.05) is 11.8 Å². The summed E-state index contributed by atoms with van der Waals surface area (Å²) in [5.41, 5.74) is 0.867. The number of carbonyl (C=O) groups is 1. The second kappa shape index (κ2) is 8.06. The van der Waals surface area contributed by atoms with E-state index in [0.29, 0.717) is 26.2 Å². The molecule has 0 aliphatic carbocycles. The number of likely N-dealkylation sites (tertiary alicyclic amines) is 1. The van der Waals surface area contributed by atoms with Gasteiger partial charge in [0.2, 0.25) is 0 Å². The molecule has 1 fully saturated rings. The highest BCUT2D eigenvalue weighted by Crippen LogP contribution is 2.30. The number of aromatic nitrogens is 2. The van der Waals surface area contributed by atoms with Crippen LogP contribution in [0.4, 0.5) is 4.39 Å². The highest BCUT2D eigenvalue weighted by Gasteiger charge is 2.29. The van der Waals surface area contributed by atoms with Crippen LogP contribution in [0.3, 0.4) is 0 Å². The number of hydrogen-bond donors (Lipinski definition) is 0. The fraction of sp³-hybridized carbons (Fsp3) is 0.409. The monoisotopic (exact) mass is 413 g/mol. The fourth-order valence-electron chi connectivity index (χ4n) is 4.11. The maximum absolute atomic E-state index is 14.0. The van der Waals surface area contributed by atoms with Crippen LogP contribution in [0, 0.1) is 12.7 Å². The van der Waals surface area contributed by atoms with Crippen molar-refractivity contribution in [2.24, 2.45) is 0 Å². The van der Waals surface area contributed by atoms with Gasteiger partial charge in [-0.25, -0.2) is 9.37 Å². The molecule has 5 nitrogen and oxygen atoms in total. The topological polar surface area (TPSA) is 55.2 Å². The Bertz CT molecular complexity index is 1120. The first-order chi connectivity index (χ1) is 14.0. The number of fused-ring (bicyclic) bond motifs is 1. The number of thiophene rings is 1. The average Bonchev–Trinajstić information content (AvgIpc) is 3.08. The van der Waals surface area contributed by atoms with Gasteiger partial charge in [-0.1, -0.05) is 25.1 Å². The molecule has 2 aromatic heterocycles. The summed E-state index contributed by atoms with van der Waals surface area (Å²) in [4.78, 5) is 33.8. The first-order valence-corrected chi connectivity index (χ1v) is 10.9. The third-order valence-corrected chi connectivity index (χ3v) is 6.96. The zero-order chi connectivity index (χ0) is 20.5. The molecule has 1 aliphatic heterocycles. The first kappa shape index (κ1) is 19.8. The van der Waals surface area contributed by atoms with Crippen LogP contribution in [0.5, 0.6) is 0 Å². The second-order valence-corrected chi connectivity index (χ2v) is 8.56. The average molecular weight is 414 g/mol. The van der Waals surface area contributed by atoms with E-state index in [-0.39, 0.29) is 29.9 Å². The van der Waals surface area contributed by atoms with Crippen molar-refractivity contribution in [3.8, 4) is 0 Å². The number of rotatable bonds is 4. The van der Waals surface area contributed by atoms with Crippen molar-refractivity contribution in [1.29, 1.82) is 0 Å². The lowest BCUT2D eigenvalue weighted by Gasteiger charge is -2.35. The van der Waals surface area contributed by atoms with Gasteiger partial charge in [0.25, 0.3) is 11.5 Å². The summed E-state index contributed by atoms with van der Waals surface area (Å²) in [6.45, 7) is 4.79. The number of nitrogens with zero attached hydrogens (tertiary/aromatic N) is 3. The van der Waals surface area contributed by atoms with Crippen LogP contribution in [0.15, 0.2) is 35.4 Å². The zero-order valence-electron chi connectivity index (χ0n) is 16.7. The van der Waals surface area contributed by atoms with E-state index in [4.69, 9.17) is 0 Å². The fourth-order valence-corrected chi connectivity index (χ4v) is 5.20. The zero-order valence-corrected chi connectivity index (χ0v) is 17.5. The van der Waals surface area contributed by atoms with Gasteiger partial charge in [0.15, 0.2) is 0 Å². The van der Waals surface area contributed by atoms with Gasteiger partial charge in [-0.3, -0.25) is 14.2 Å². The molecule has 0 saturated carbocycles. The number of carbonyl (C=O) groups excluding carboxylic acids is 1. The molecule has 0 spiro atoms. The van der Waals surface area contributed by atoms with E-state index in [2.05, 4.69) is 11.9 Å². The Morgan fingerprint density at radius 3 is 2.86 bits per heavy atom. The first-order valence-electron chi connectivity index (χ1n) is 10.0. The molecule has 0 bridgehead atoms. The van der Waals surface area contributed by atoms with Gasteiger partial charge in [0.05, 0.1) is 23.1 Å². The van der Waals surface area contributed by atoms with Crippen LogP contribution in [-0.4, -0.2) is 32.9 Å². The van der Waals surface area contributed by atoms with E-state index < -0.39 is 0 Å². The van der Waals surface area contributed by atoms with Gasteiger partial charge in [-0.15, -0.1) is 11.3 Å². The minimum absolute atomic E-state index is 0.00268. The maximum Gasteiger partial charge on any atom is 0.264 e. The molecule has 4 rings (SSSR count). The van der Waals surface area contributed by atoms with Gasteiger partial charge in [0.1, 0.15) is 10.6 Å². The quantitative estimate of drug-likeness (QED) is 0.639. The van der Waals surface area contributed by atoms with Gasteiger partial charge >= 0.3 is 0 Å². The second-order valence-electron chi connectivity index (χ2n) is 7.56. The Labute approximate surface area is 172 Å². The van der Waals surface area contributed by atoms with Crippen molar-refractivity contribution in [3.63, 3.8) is 0 Å². The van der Waals surface area contributed by atoms with Crippen LogP contribution < -0.4 is 5.56 Å². The summed E-state index contributed by atoms with van der Waals surface area (Å²) >= 11 is 1.28. The van der Waals surface area contributed by atoms with Crippen LogP contribution in [0.2, 0.25) is 0 Å². The molecule has 7 heteroatoms. The molecule has 152 valence electrons. The number of halogens is 1. The van der Waals surface area contributed by atoms with Crippen molar-refractivity contribution >= 4 is 27.5 Å². The molecular formula is C22H24FN3O2S. The molecule has 1 aliphatic rings. The molecule has 3 heterocycles. The molecule has 0 unspecified atom stereocenters. The minimum atomic E-state index is -0.354. The highest BCUT2D eigenvalue weighted by atomic mass is 32.1. The Hall–Kier alpha value is -2.54. The number of aryl methyl sites for hydroxylation is 1. The number of amides is 1. The Morgan fingerprint density at radius 1 is 1.31 bits per heavy atom. The predicted molar refractivity (Wildman–Crippen MR) is 113 cm³/mol. The van der Waals surface area contributed by atoms with Crippen LogP contribution in [-0.2, 0) is 6.54 Å². The summed E-state index contributed by atoms with van der Waals surface area (Å²) < 4.78 is 15.4. The van der Waals surface area contributed by atoms with E-state index in [1.54, 1.807) is 18.2 Å². The van der Waals surface area contributed by atoms with E-state index in [0.717, 1.165) is 32.2 Å². The highest BCUT2D eigenvalue weighted by molar-refractivity contribution is 7.20. The standard InChI is InChI=1S/C22H24FN3O2S/c1-3-16-9-6-7-11-26(16)22(28)19-14(2)18-20(29-19)24-13-25(21(18)27)12-15-8-4-5-10-17(15)23/h4-5,8,10,13,16H,3,6-7,9,11-12H2,1-2H3/t16-/m1/s1. The maximum atomic E-state index is 14.0. The van der Waals surface area contributed by atoms with Crippen LogP contribution in [0.25, 0.3) is 10.2 Å². The summed E-state index contributed by atoms with van der Waals surface area (Å²) in [5.74, 6) is -0.356. The Morgan fingerprint density at radius 2 is 2.10 bits per heavy atom. The Balaban J connectivity index is 1.72. The van der Waals surface area contributed by atoms with Crippen LogP contribution >= 0.6 is 11.3 Å². The molecule has 1 aromatic carbocycles. The number of piperidine rings is 1. The van der Waals surface area contributed by atoms with E-state index in [9.17, 15) is 14.0 Å². The molecule has 1 amide bonds. The smallest absolute Gasteiger partial charge is 0.264 e. The lowest BCUT2D eigenvalue weighted by Crippen LogP contribution is -2.43. The van der Waals surface area contributed by atoms with Gasteiger partial charge in [-0.2, -0.15) is 0 Å². The van der Waals surface area contributed by atoms with Gasteiger partial charge < -0.3 is 4.90 Å². The number of benzene rings is 1. The van der Waals surface area contributed by atoms with Crippen molar-refractivity contribution in [2.75, 3.05) is 6.54 Å². The Kier molecular flexibility index (Phi) is 5.50. The molecule has 29 heavy (non-hydrogen) atoms. The minimum Gasteiger partial charge on any atom is -0.335 e. The molecule has 1 saturated heterocycles. The predicted octanol–water partition coefficient (Wildman–Crippen LogP) is 4.36. The van der Waals surface area contributed by atoms with Crippen molar-refractivity contribution < 1.29 is 9.18 Å². The lowest BCUT2D eigenvalue weighted by molar-refractivity contribution is 0.0612. The third-order valence-electron chi connectivity index (χ3n) is 5.77. The SMILES string of the molecule is CC[C@@H]1CCCCN1C(=O)c1sc2ncn(Cc3ccccc3F)c(=O)c2c1C. The number of hydrogen-bond acceptors (Lipinski definition) is 4. The molecular weight excluding hydrogens is 389 g/mol. The third kappa shape index (κ3) is 3.59.